The topological polar surface area (TPSA) is 17.1 Å². The van der Waals surface area contributed by atoms with Crippen molar-refractivity contribution in [1.29, 1.82) is 0 Å². The van der Waals surface area contributed by atoms with Crippen LogP contribution in [0.1, 0.15) is 42.1 Å². The van der Waals surface area contributed by atoms with E-state index in [0.29, 0.717) is 12.0 Å². The van der Waals surface area contributed by atoms with Crippen LogP contribution in [0.15, 0.2) is 18.2 Å². The summed E-state index contributed by atoms with van der Waals surface area (Å²) < 4.78 is 12.8. The van der Waals surface area contributed by atoms with Gasteiger partial charge in [-0.25, -0.2) is 4.39 Å². The van der Waals surface area contributed by atoms with Crippen molar-refractivity contribution in [2.45, 2.75) is 33.1 Å². The lowest BCUT2D eigenvalue weighted by atomic mass is 9.95. The fourth-order valence-electron chi connectivity index (χ4n) is 1.81. The van der Waals surface area contributed by atoms with Crippen molar-refractivity contribution in [3.63, 3.8) is 0 Å². The SMILES string of the molecule is Cc1cc(F)ccc1C(=O)CC1(C)CC1. The number of benzene rings is 1. The van der Waals surface area contributed by atoms with Gasteiger partial charge in [-0.2, -0.15) is 0 Å². The Balaban J connectivity index is 2.18. The summed E-state index contributed by atoms with van der Waals surface area (Å²) in [7, 11) is 0. The summed E-state index contributed by atoms with van der Waals surface area (Å²) in [6, 6.07) is 4.37. The molecule has 1 nitrogen and oxygen atoms in total. The van der Waals surface area contributed by atoms with E-state index in [4.69, 9.17) is 0 Å². The standard InChI is InChI=1S/C13H15FO/c1-9-7-10(14)3-4-11(9)12(15)8-13(2)5-6-13/h3-4,7H,5-6,8H2,1-2H3. The molecule has 0 spiro atoms. The summed E-state index contributed by atoms with van der Waals surface area (Å²) in [6.07, 6.45) is 2.87. The molecule has 0 heterocycles. The number of aryl methyl sites for hydroxylation is 1. The van der Waals surface area contributed by atoms with E-state index < -0.39 is 0 Å². The highest BCUT2D eigenvalue weighted by atomic mass is 19.1. The van der Waals surface area contributed by atoms with Crippen molar-refractivity contribution in [2.24, 2.45) is 5.41 Å². The number of halogens is 1. The molecule has 0 aliphatic heterocycles. The van der Waals surface area contributed by atoms with Crippen LogP contribution in [0.4, 0.5) is 4.39 Å². The van der Waals surface area contributed by atoms with Gasteiger partial charge in [-0.05, 0) is 48.9 Å². The second kappa shape index (κ2) is 3.44. The number of carbonyl (C=O) groups excluding carboxylic acids is 1. The van der Waals surface area contributed by atoms with Crippen molar-refractivity contribution >= 4 is 5.78 Å². The zero-order valence-electron chi connectivity index (χ0n) is 9.14. The van der Waals surface area contributed by atoms with Crippen LogP contribution >= 0.6 is 0 Å². The average Bonchev–Trinajstić information content (AvgIpc) is 2.82. The van der Waals surface area contributed by atoms with Crippen LogP contribution in [-0.2, 0) is 0 Å². The summed E-state index contributed by atoms with van der Waals surface area (Å²) in [5.41, 5.74) is 1.63. The molecule has 1 aromatic carbocycles. The number of Topliss-reactive ketones (excluding diaryl/α,β-unsaturated/α-hetero) is 1. The second-order valence-corrected chi connectivity index (χ2v) is 4.87. The molecule has 0 aromatic heterocycles. The van der Waals surface area contributed by atoms with E-state index in [9.17, 15) is 9.18 Å². The third-order valence-electron chi connectivity index (χ3n) is 3.18. The van der Waals surface area contributed by atoms with Crippen LogP contribution < -0.4 is 0 Å². The van der Waals surface area contributed by atoms with Crippen molar-refractivity contribution < 1.29 is 9.18 Å². The van der Waals surface area contributed by atoms with Gasteiger partial charge in [0.1, 0.15) is 5.82 Å². The molecular formula is C13H15FO. The van der Waals surface area contributed by atoms with Gasteiger partial charge in [0.2, 0.25) is 0 Å². The third-order valence-corrected chi connectivity index (χ3v) is 3.18. The van der Waals surface area contributed by atoms with Crippen molar-refractivity contribution in [3.05, 3.63) is 35.1 Å². The van der Waals surface area contributed by atoms with Gasteiger partial charge in [0.15, 0.2) is 5.78 Å². The number of carbonyl (C=O) groups is 1. The van der Waals surface area contributed by atoms with Gasteiger partial charge in [-0.15, -0.1) is 0 Å². The minimum absolute atomic E-state index is 0.146. The van der Waals surface area contributed by atoms with E-state index in [-0.39, 0.29) is 17.0 Å². The Morgan fingerprint density at radius 2 is 2.13 bits per heavy atom. The maximum atomic E-state index is 12.8. The molecule has 0 radical (unpaired) electrons. The highest BCUT2D eigenvalue weighted by Crippen LogP contribution is 2.48. The smallest absolute Gasteiger partial charge is 0.163 e. The molecule has 0 atom stereocenters. The van der Waals surface area contributed by atoms with Crippen LogP contribution in [0.25, 0.3) is 0 Å². The Labute approximate surface area is 89.3 Å². The van der Waals surface area contributed by atoms with Crippen LogP contribution in [0.3, 0.4) is 0 Å². The molecule has 80 valence electrons. The fourth-order valence-corrected chi connectivity index (χ4v) is 1.81. The molecule has 2 rings (SSSR count). The normalized spacial score (nSPS) is 17.5. The van der Waals surface area contributed by atoms with Gasteiger partial charge in [-0.1, -0.05) is 6.92 Å². The van der Waals surface area contributed by atoms with E-state index in [2.05, 4.69) is 6.92 Å². The second-order valence-electron chi connectivity index (χ2n) is 4.87. The summed E-state index contributed by atoms with van der Waals surface area (Å²) in [6.45, 7) is 3.91. The minimum Gasteiger partial charge on any atom is -0.294 e. The molecular weight excluding hydrogens is 191 g/mol. The third kappa shape index (κ3) is 2.25. The molecule has 0 unspecified atom stereocenters. The minimum atomic E-state index is -0.276. The van der Waals surface area contributed by atoms with E-state index >= 15 is 0 Å². The molecule has 15 heavy (non-hydrogen) atoms. The zero-order valence-corrected chi connectivity index (χ0v) is 9.14. The molecule has 0 saturated heterocycles. The molecule has 2 heteroatoms. The first kappa shape index (κ1) is 10.3. The van der Waals surface area contributed by atoms with Gasteiger partial charge in [-0.3, -0.25) is 4.79 Å². The molecule has 0 N–H and O–H groups in total. The number of ketones is 1. The summed E-state index contributed by atoms with van der Waals surface area (Å²) >= 11 is 0. The highest BCUT2D eigenvalue weighted by molar-refractivity contribution is 5.97. The Kier molecular flexibility index (Phi) is 2.37. The Morgan fingerprint density at radius 3 is 2.67 bits per heavy atom. The van der Waals surface area contributed by atoms with E-state index in [1.54, 1.807) is 13.0 Å². The van der Waals surface area contributed by atoms with Gasteiger partial charge in [0.25, 0.3) is 0 Å². The number of rotatable bonds is 3. The molecule has 1 fully saturated rings. The van der Waals surface area contributed by atoms with E-state index in [0.717, 1.165) is 18.4 Å². The summed E-state index contributed by atoms with van der Waals surface area (Å²) in [5.74, 6) is -0.130. The molecule has 1 aliphatic carbocycles. The summed E-state index contributed by atoms with van der Waals surface area (Å²) in [4.78, 5) is 11.9. The first-order valence-electron chi connectivity index (χ1n) is 5.30. The lowest BCUT2D eigenvalue weighted by molar-refractivity contribution is 0.0959. The van der Waals surface area contributed by atoms with Crippen LogP contribution in [0.2, 0.25) is 0 Å². The maximum absolute atomic E-state index is 12.8. The van der Waals surface area contributed by atoms with Crippen molar-refractivity contribution in [2.75, 3.05) is 0 Å². The first-order valence-corrected chi connectivity index (χ1v) is 5.30. The highest BCUT2D eigenvalue weighted by Gasteiger charge is 2.39. The largest absolute Gasteiger partial charge is 0.294 e. The van der Waals surface area contributed by atoms with E-state index in [1.165, 1.54) is 12.1 Å². The molecule has 1 saturated carbocycles. The Morgan fingerprint density at radius 1 is 1.47 bits per heavy atom. The van der Waals surface area contributed by atoms with Gasteiger partial charge in [0, 0.05) is 12.0 Å². The predicted molar refractivity (Wildman–Crippen MR) is 57.4 cm³/mol. The Bertz CT molecular complexity index is 405. The quantitative estimate of drug-likeness (QED) is 0.692. The lowest BCUT2D eigenvalue weighted by Crippen LogP contribution is -2.08. The fraction of sp³-hybridized carbons (Fsp3) is 0.462. The van der Waals surface area contributed by atoms with E-state index in [1.807, 2.05) is 0 Å². The zero-order chi connectivity index (χ0) is 11.1. The maximum Gasteiger partial charge on any atom is 0.163 e. The monoisotopic (exact) mass is 206 g/mol. The molecule has 0 bridgehead atoms. The van der Waals surface area contributed by atoms with Gasteiger partial charge in [0.05, 0.1) is 0 Å². The Hall–Kier alpha value is -1.18. The predicted octanol–water partition coefficient (Wildman–Crippen LogP) is 3.51. The summed E-state index contributed by atoms with van der Waals surface area (Å²) in [5, 5.41) is 0. The molecule has 1 aliphatic rings. The molecule has 0 amide bonds. The van der Waals surface area contributed by atoms with Crippen LogP contribution in [0, 0.1) is 18.2 Å². The van der Waals surface area contributed by atoms with Gasteiger partial charge < -0.3 is 0 Å². The first-order chi connectivity index (χ1) is 7.00. The van der Waals surface area contributed by atoms with Crippen LogP contribution in [0.5, 0.6) is 0 Å². The van der Waals surface area contributed by atoms with Crippen molar-refractivity contribution in [1.82, 2.24) is 0 Å². The van der Waals surface area contributed by atoms with Gasteiger partial charge >= 0.3 is 0 Å². The van der Waals surface area contributed by atoms with Crippen LogP contribution in [-0.4, -0.2) is 5.78 Å². The number of hydrogen-bond donors (Lipinski definition) is 0. The number of hydrogen-bond acceptors (Lipinski definition) is 1. The lowest BCUT2D eigenvalue weighted by Gasteiger charge is -2.08. The molecule has 1 aromatic rings. The average molecular weight is 206 g/mol. The van der Waals surface area contributed by atoms with Crippen molar-refractivity contribution in [3.8, 4) is 0 Å².